The number of amides is 1. The predicted molar refractivity (Wildman–Crippen MR) is 152 cm³/mol. The van der Waals surface area contributed by atoms with Gasteiger partial charge in [-0.25, -0.2) is 0 Å². The first-order chi connectivity index (χ1) is 20.0. The van der Waals surface area contributed by atoms with Crippen molar-refractivity contribution in [2.24, 2.45) is 0 Å². The monoisotopic (exact) mass is 616 g/mol. The summed E-state index contributed by atoms with van der Waals surface area (Å²) in [7, 11) is 0. The Bertz CT molecular complexity index is 1450. The van der Waals surface area contributed by atoms with E-state index in [0.29, 0.717) is 21.6 Å². The minimum atomic E-state index is -1.20. The van der Waals surface area contributed by atoms with Gasteiger partial charge in [-0.3, -0.25) is 23.7 Å². The first-order valence-electron chi connectivity index (χ1n) is 12.9. The Morgan fingerprint density at radius 2 is 1.55 bits per heavy atom. The predicted octanol–water partition coefficient (Wildman–Crippen LogP) is 3.34. The Hall–Kier alpha value is -3.94. The van der Waals surface area contributed by atoms with Crippen LogP contribution in [-0.4, -0.2) is 75.0 Å². The van der Waals surface area contributed by atoms with Gasteiger partial charge in [0, 0.05) is 38.9 Å². The third-order valence-corrected chi connectivity index (χ3v) is 7.50. The highest BCUT2D eigenvalue weighted by atomic mass is 35.5. The molecule has 2 aromatic carbocycles. The fourth-order valence-corrected chi connectivity index (χ4v) is 5.85. The largest absolute Gasteiger partial charge is 0.463 e. The Kier molecular flexibility index (Phi) is 10.2. The number of rotatable bonds is 9. The Morgan fingerprint density at radius 1 is 0.905 bits per heavy atom. The van der Waals surface area contributed by atoms with Gasteiger partial charge in [-0.05, 0) is 24.3 Å². The average molecular weight is 617 g/mol. The van der Waals surface area contributed by atoms with E-state index < -0.39 is 53.6 Å². The van der Waals surface area contributed by atoms with Gasteiger partial charge >= 0.3 is 17.9 Å². The highest BCUT2D eigenvalue weighted by molar-refractivity contribution is 7.99. The van der Waals surface area contributed by atoms with Gasteiger partial charge in [0.2, 0.25) is 5.91 Å². The molecule has 0 bridgehead atoms. The molecule has 5 atom stereocenters. The molecule has 0 aliphatic carbocycles. The molecule has 3 aromatic rings. The van der Waals surface area contributed by atoms with Gasteiger partial charge in [-0.1, -0.05) is 53.7 Å². The van der Waals surface area contributed by atoms with Crippen LogP contribution in [0.4, 0.5) is 0 Å². The molecular formula is C28H29ClN4O8S. The number of nitrogens with zero attached hydrogens (tertiary/aromatic N) is 3. The van der Waals surface area contributed by atoms with Crippen LogP contribution in [0, 0.1) is 0 Å². The summed E-state index contributed by atoms with van der Waals surface area (Å²) in [5.41, 5.74) is 0.375. The standard InChI is InChI=1S/C28H29ClN4O8S/c1-15(34)30-23-25(40-18(4)37)24(39-17(3)36)22(14-38-16(2)35)41-27(23)42-28-32-31-26(20-12-8-9-13-21(20)29)33(28)19-10-6-5-7-11-19/h5-13,22-25,27H,14H2,1-4H3,(H,30,34)/t22-,23-,24-,25-,27+/m1/s1. The second-order valence-corrected chi connectivity index (χ2v) is 10.8. The van der Waals surface area contributed by atoms with Crippen molar-refractivity contribution in [1.29, 1.82) is 0 Å². The van der Waals surface area contributed by atoms with Gasteiger partial charge in [-0.2, -0.15) is 0 Å². The van der Waals surface area contributed by atoms with Crippen LogP contribution < -0.4 is 5.32 Å². The number of nitrogens with one attached hydrogen (secondary N) is 1. The van der Waals surface area contributed by atoms with Gasteiger partial charge in [0.05, 0.1) is 5.02 Å². The zero-order chi connectivity index (χ0) is 30.4. The molecule has 2 heterocycles. The molecule has 222 valence electrons. The quantitative estimate of drug-likeness (QED) is 0.279. The van der Waals surface area contributed by atoms with Gasteiger partial charge in [0.1, 0.15) is 24.2 Å². The molecule has 0 spiro atoms. The van der Waals surface area contributed by atoms with Crippen LogP contribution in [0.5, 0.6) is 0 Å². The smallest absolute Gasteiger partial charge is 0.303 e. The Morgan fingerprint density at radius 3 is 2.17 bits per heavy atom. The summed E-state index contributed by atoms with van der Waals surface area (Å²) < 4.78 is 24.4. The van der Waals surface area contributed by atoms with E-state index in [9.17, 15) is 19.2 Å². The minimum absolute atomic E-state index is 0.314. The number of para-hydroxylation sites is 1. The minimum Gasteiger partial charge on any atom is -0.463 e. The number of aromatic nitrogens is 3. The average Bonchev–Trinajstić information content (AvgIpc) is 3.34. The Labute approximate surface area is 251 Å². The second-order valence-electron chi connectivity index (χ2n) is 9.29. The van der Waals surface area contributed by atoms with Gasteiger partial charge in [-0.15, -0.1) is 10.2 Å². The maximum absolute atomic E-state index is 12.3. The van der Waals surface area contributed by atoms with Crippen molar-refractivity contribution >= 4 is 47.2 Å². The summed E-state index contributed by atoms with van der Waals surface area (Å²) in [6.07, 6.45) is -3.45. The normalized spacial score (nSPS) is 21.7. The summed E-state index contributed by atoms with van der Waals surface area (Å²) in [5, 5.41) is 12.4. The molecule has 1 fully saturated rings. The van der Waals surface area contributed by atoms with E-state index in [0.717, 1.165) is 17.4 Å². The van der Waals surface area contributed by atoms with Crippen LogP contribution in [0.2, 0.25) is 5.02 Å². The number of halogens is 1. The molecule has 1 aliphatic rings. The summed E-state index contributed by atoms with van der Waals surface area (Å²) in [4.78, 5) is 48.2. The first-order valence-corrected chi connectivity index (χ1v) is 14.1. The number of carbonyl (C=O) groups excluding carboxylic acids is 4. The molecule has 1 aromatic heterocycles. The second kappa shape index (κ2) is 13.8. The van der Waals surface area contributed by atoms with Gasteiger partial charge in [0.25, 0.3) is 0 Å². The molecule has 0 radical (unpaired) electrons. The lowest BCUT2D eigenvalue weighted by atomic mass is 9.97. The van der Waals surface area contributed by atoms with E-state index in [2.05, 4.69) is 15.5 Å². The van der Waals surface area contributed by atoms with E-state index in [1.54, 1.807) is 16.7 Å². The first kappa shape index (κ1) is 31.0. The number of carbonyl (C=O) groups is 4. The number of hydrogen-bond acceptors (Lipinski definition) is 11. The number of benzene rings is 2. The molecule has 42 heavy (non-hydrogen) atoms. The molecule has 4 rings (SSSR count). The summed E-state index contributed by atoms with van der Waals surface area (Å²) in [5.74, 6) is -1.96. The summed E-state index contributed by atoms with van der Waals surface area (Å²) in [6.45, 7) is 4.57. The van der Waals surface area contributed by atoms with Crippen LogP contribution >= 0.6 is 23.4 Å². The van der Waals surface area contributed by atoms with Gasteiger partial charge < -0.3 is 24.3 Å². The van der Waals surface area contributed by atoms with E-state index in [1.165, 1.54) is 27.7 Å². The van der Waals surface area contributed by atoms with E-state index in [-0.39, 0.29) is 6.61 Å². The number of esters is 3. The fourth-order valence-electron chi connectivity index (χ4n) is 4.47. The van der Waals surface area contributed by atoms with Crippen molar-refractivity contribution in [3.63, 3.8) is 0 Å². The summed E-state index contributed by atoms with van der Waals surface area (Å²) >= 11 is 7.60. The maximum Gasteiger partial charge on any atom is 0.303 e. The lowest BCUT2D eigenvalue weighted by molar-refractivity contribution is -0.211. The van der Waals surface area contributed by atoms with Crippen molar-refractivity contribution in [3.8, 4) is 17.1 Å². The van der Waals surface area contributed by atoms with Crippen molar-refractivity contribution in [2.75, 3.05) is 6.61 Å². The van der Waals surface area contributed by atoms with Crippen LogP contribution in [0.25, 0.3) is 17.1 Å². The zero-order valence-electron chi connectivity index (χ0n) is 23.2. The zero-order valence-corrected chi connectivity index (χ0v) is 24.8. The van der Waals surface area contributed by atoms with Crippen molar-refractivity contribution in [3.05, 3.63) is 59.6 Å². The highest BCUT2D eigenvalue weighted by Gasteiger charge is 2.51. The third-order valence-electron chi connectivity index (χ3n) is 6.06. The molecule has 1 amide bonds. The summed E-state index contributed by atoms with van der Waals surface area (Å²) in [6, 6.07) is 15.5. The van der Waals surface area contributed by atoms with Gasteiger partial charge in [0.15, 0.2) is 23.2 Å². The Balaban J connectivity index is 1.81. The molecule has 1 saturated heterocycles. The number of thioether (sulfide) groups is 1. The number of ether oxygens (including phenoxy) is 4. The van der Waals surface area contributed by atoms with Crippen molar-refractivity contribution in [2.45, 2.75) is 62.6 Å². The molecule has 1 N–H and O–H groups in total. The maximum atomic E-state index is 12.3. The SMILES string of the molecule is CC(=O)N[C@@H]1[C@@H](OC(C)=O)[C@H](OC(C)=O)[C@@H](COC(C)=O)O[C@H]1Sc1nnc(-c2ccccc2Cl)n1-c1ccccc1. The third kappa shape index (κ3) is 7.46. The molecule has 0 unspecified atom stereocenters. The molecule has 12 nitrogen and oxygen atoms in total. The van der Waals surface area contributed by atoms with Crippen LogP contribution in [0.3, 0.4) is 0 Å². The molecule has 0 saturated carbocycles. The van der Waals surface area contributed by atoms with Crippen molar-refractivity contribution < 1.29 is 38.1 Å². The number of hydrogen-bond donors (Lipinski definition) is 1. The van der Waals surface area contributed by atoms with Crippen LogP contribution in [0.1, 0.15) is 27.7 Å². The lowest BCUT2D eigenvalue weighted by Gasteiger charge is -2.44. The molecular weight excluding hydrogens is 588 g/mol. The molecule has 1 aliphatic heterocycles. The van der Waals surface area contributed by atoms with Crippen LogP contribution in [0.15, 0.2) is 59.8 Å². The van der Waals surface area contributed by atoms with Crippen molar-refractivity contribution in [1.82, 2.24) is 20.1 Å². The topological polar surface area (TPSA) is 148 Å². The molecule has 14 heteroatoms. The van der Waals surface area contributed by atoms with E-state index in [4.69, 9.17) is 30.5 Å². The highest BCUT2D eigenvalue weighted by Crippen LogP contribution is 2.38. The fraction of sp³-hybridized carbons (Fsp3) is 0.357. The van der Waals surface area contributed by atoms with E-state index >= 15 is 0 Å². The van der Waals surface area contributed by atoms with E-state index in [1.807, 2.05) is 42.5 Å². The lowest BCUT2D eigenvalue weighted by Crippen LogP contribution is -2.65. The van der Waals surface area contributed by atoms with Crippen LogP contribution in [-0.2, 0) is 38.1 Å².